The molecule has 2 unspecified atom stereocenters. The van der Waals surface area contributed by atoms with Crippen LogP contribution in [0.25, 0.3) is 0 Å². The second kappa shape index (κ2) is 74.8. The summed E-state index contributed by atoms with van der Waals surface area (Å²) in [6.45, 7) is 4.96. The predicted octanol–water partition coefficient (Wildman–Crippen LogP) is 25.7. The van der Waals surface area contributed by atoms with E-state index in [1.807, 2.05) is 6.08 Å². The van der Waals surface area contributed by atoms with E-state index in [9.17, 15) is 19.8 Å². The molecule has 0 aliphatic heterocycles. The molecule has 6 heteroatoms. The zero-order chi connectivity index (χ0) is 61.3. The van der Waals surface area contributed by atoms with E-state index < -0.39 is 12.1 Å². The Kier molecular flexibility index (Phi) is 73.3. The zero-order valence-corrected chi connectivity index (χ0v) is 57.9. The number of amides is 1. The van der Waals surface area contributed by atoms with Crippen molar-refractivity contribution >= 4 is 11.9 Å². The van der Waals surface area contributed by atoms with Crippen molar-refractivity contribution in [3.63, 3.8) is 0 Å². The van der Waals surface area contributed by atoms with Gasteiger partial charge in [-0.25, -0.2) is 0 Å². The predicted molar refractivity (Wildman–Crippen MR) is 375 cm³/mol. The van der Waals surface area contributed by atoms with E-state index in [0.29, 0.717) is 19.4 Å². The number of ether oxygens (including phenoxy) is 1. The minimum absolute atomic E-state index is 0.0220. The summed E-state index contributed by atoms with van der Waals surface area (Å²) in [5, 5.41) is 23.3. The summed E-state index contributed by atoms with van der Waals surface area (Å²) in [5.41, 5.74) is 0. The molecular formula is C79H153NO5. The SMILES string of the molecule is CCCCCCCCCCCCCCCCCCCC/C=C/C(O)C(CO)NC(=O)CCCCCCCCCCCCCCC/C=C\CCCCCCCCCCCCCCOC(=O)CCCCCCCCCCCCCCCCCCCCC. The summed E-state index contributed by atoms with van der Waals surface area (Å²) in [6, 6.07) is -0.628. The number of carbonyl (C=O) groups is 2. The number of carbonyl (C=O) groups excluding carboxylic acids is 2. The first-order chi connectivity index (χ1) is 42.0. The maximum absolute atomic E-state index is 12.5. The number of allylic oxidation sites excluding steroid dienone is 3. The molecule has 0 heterocycles. The minimum Gasteiger partial charge on any atom is -0.466 e. The van der Waals surface area contributed by atoms with Gasteiger partial charge in [-0.1, -0.05) is 398 Å². The number of rotatable bonds is 74. The molecule has 0 rings (SSSR count). The molecule has 0 saturated heterocycles. The normalized spacial score (nSPS) is 12.6. The minimum atomic E-state index is -0.845. The summed E-state index contributed by atoms with van der Waals surface area (Å²) in [7, 11) is 0. The molecule has 3 N–H and O–H groups in total. The fraction of sp³-hybridized carbons (Fsp3) is 0.924. The first-order valence-corrected chi connectivity index (χ1v) is 39.1. The van der Waals surface area contributed by atoms with Crippen molar-refractivity contribution in [1.82, 2.24) is 5.32 Å². The summed E-state index contributed by atoms with van der Waals surface area (Å²) in [6.07, 6.45) is 95.8. The highest BCUT2D eigenvalue weighted by Gasteiger charge is 2.18. The molecule has 0 aromatic carbocycles. The Labute approximate surface area is 532 Å². The van der Waals surface area contributed by atoms with Gasteiger partial charge in [-0.3, -0.25) is 9.59 Å². The Morgan fingerprint density at radius 1 is 0.318 bits per heavy atom. The highest BCUT2D eigenvalue weighted by Crippen LogP contribution is 2.20. The lowest BCUT2D eigenvalue weighted by atomic mass is 10.0. The van der Waals surface area contributed by atoms with Crippen molar-refractivity contribution < 1.29 is 24.5 Å². The third kappa shape index (κ3) is 71.3. The van der Waals surface area contributed by atoms with Crippen LogP contribution in [0.4, 0.5) is 0 Å². The lowest BCUT2D eigenvalue weighted by molar-refractivity contribution is -0.143. The number of aliphatic hydroxyl groups is 2. The quantitative estimate of drug-likeness (QED) is 0.0320. The molecule has 0 saturated carbocycles. The lowest BCUT2D eigenvalue weighted by Gasteiger charge is -2.20. The fourth-order valence-corrected chi connectivity index (χ4v) is 12.5. The lowest BCUT2D eigenvalue weighted by Crippen LogP contribution is -2.45. The van der Waals surface area contributed by atoms with Crippen LogP contribution >= 0.6 is 0 Å². The topological polar surface area (TPSA) is 95.9 Å². The highest BCUT2D eigenvalue weighted by atomic mass is 16.5. The van der Waals surface area contributed by atoms with Gasteiger partial charge in [0.2, 0.25) is 5.91 Å². The van der Waals surface area contributed by atoms with Gasteiger partial charge in [0.1, 0.15) is 0 Å². The maximum Gasteiger partial charge on any atom is 0.305 e. The molecular weight excluding hydrogens is 1040 g/mol. The fourth-order valence-electron chi connectivity index (χ4n) is 12.5. The number of nitrogens with one attached hydrogen (secondary N) is 1. The van der Waals surface area contributed by atoms with E-state index in [2.05, 4.69) is 31.3 Å². The second-order valence-electron chi connectivity index (χ2n) is 27.0. The first-order valence-electron chi connectivity index (χ1n) is 39.1. The van der Waals surface area contributed by atoms with Crippen molar-refractivity contribution in [3.05, 3.63) is 24.3 Å². The van der Waals surface area contributed by atoms with E-state index in [0.717, 1.165) is 38.5 Å². The number of unbranched alkanes of at least 4 members (excludes halogenated alkanes) is 61. The summed E-state index contributed by atoms with van der Waals surface area (Å²) < 4.78 is 5.52. The molecule has 0 bridgehead atoms. The molecule has 1 amide bonds. The van der Waals surface area contributed by atoms with Crippen molar-refractivity contribution in [2.75, 3.05) is 13.2 Å². The van der Waals surface area contributed by atoms with E-state index >= 15 is 0 Å². The average molecular weight is 1200 g/mol. The monoisotopic (exact) mass is 1200 g/mol. The molecule has 0 radical (unpaired) electrons. The van der Waals surface area contributed by atoms with Gasteiger partial charge in [0.05, 0.1) is 25.4 Å². The molecule has 0 fully saturated rings. The third-order valence-electron chi connectivity index (χ3n) is 18.5. The van der Waals surface area contributed by atoms with Crippen LogP contribution in [0.5, 0.6) is 0 Å². The van der Waals surface area contributed by atoms with Crippen LogP contribution in [0.3, 0.4) is 0 Å². The van der Waals surface area contributed by atoms with Crippen molar-refractivity contribution in [2.24, 2.45) is 0 Å². The van der Waals surface area contributed by atoms with Crippen LogP contribution in [0.15, 0.2) is 24.3 Å². The van der Waals surface area contributed by atoms with Crippen LogP contribution in [-0.2, 0) is 14.3 Å². The van der Waals surface area contributed by atoms with Crippen molar-refractivity contribution in [3.8, 4) is 0 Å². The van der Waals surface area contributed by atoms with Gasteiger partial charge in [-0.2, -0.15) is 0 Å². The molecule has 0 spiro atoms. The zero-order valence-electron chi connectivity index (χ0n) is 57.9. The van der Waals surface area contributed by atoms with E-state index in [1.54, 1.807) is 6.08 Å². The van der Waals surface area contributed by atoms with Crippen LogP contribution in [-0.4, -0.2) is 47.4 Å². The molecule has 0 aliphatic rings. The van der Waals surface area contributed by atoms with Gasteiger partial charge in [0.15, 0.2) is 0 Å². The van der Waals surface area contributed by atoms with E-state index in [-0.39, 0.29) is 18.5 Å². The number of aliphatic hydroxyl groups excluding tert-OH is 2. The largest absolute Gasteiger partial charge is 0.466 e. The van der Waals surface area contributed by atoms with Crippen LogP contribution in [0, 0.1) is 0 Å². The Morgan fingerprint density at radius 2 is 0.553 bits per heavy atom. The van der Waals surface area contributed by atoms with Crippen LogP contribution in [0.2, 0.25) is 0 Å². The van der Waals surface area contributed by atoms with Crippen molar-refractivity contribution in [1.29, 1.82) is 0 Å². The molecule has 2 atom stereocenters. The summed E-state index contributed by atoms with van der Waals surface area (Å²) in [5.74, 6) is -0.0407. The second-order valence-corrected chi connectivity index (χ2v) is 27.0. The molecule has 85 heavy (non-hydrogen) atoms. The third-order valence-corrected chi connectivity index (χ3v) is 18.5. The van der Waals surface area contributed by atoms with Gasteiger partial charge in [0.25, 0.3) is 0 Å². The Morgan fingerprint density at radius 3 is 0.835 bits per heavy atom. The van der Waals surface area contributed by atoms with Crippen molar-refractivity contribution in [2.45, 2.75) is 456 Å². The number of hydrogen-bond acceptors (Lipinski definition) is 5. The maximum atomic E-state index is 12.5. The number of esters is 1. The smallest absolute Gasteiger partial charge is 0.305 e. The first kappa shape index (κ1) is 83.3. The van der Waals surface area contributed by atoms with Gasteiger partial charge in [-0.15, -0.1) is 0 Å². The van der Waals surface area contributed by atoms with Gasteiger partial charge >= 0.3 is 5.97 Å². The molecule has 0 aromatic heterocycles. The summed E-state index contributed by atoms with van der Waals surface area (Å²) in [4.78, 5) is 24.7. The van der Waals surface area contributed by atoms with Gasteiger partial charge in [-0.05, 0) is 57.8 Å². The molecule has 0 aromatic rings. The average Bonchev–Trinajstić information content (AvgIpc) is 3.51. The highest BCUT2D eigenvalue weighted by molar-refractivity contribution is 5.76. The standard InChI is InChI=1S/C79H153NO5/c1-3-5-7-9-11-13-15-17-19-21-23-36-39-43-47-51-55-59-63-67-71-77(82)76(75-81)80-78(83)72-68-64-60-56-52-48-44-40-37-33-31-29-27-25-24-26-28-30-32-34-38-42-46-50-54-58-62-66-70-74-85-79(84)73-69-65-61-57-53-49-45-41-35-22-20-18-16-14-12-10-8-6-4-2/h24,26,67,71,76-77,81-82H,3-23,25,27-66,68-70,72-75H2,1-2H3,(H,80,83)/b26-24-,71-67+. The Hall–Kier alpha value is -1.66. The molecule has 6 nitrogen and oxygen atoms in total. The van der Waals surface area contributed by atoms with Gasteiger partial charge in [0, 0.05) is 12.8 Å². The molecule has 0 aliphatic carbocycles. The Balaban J connectivity index is 3.37. The van der Waals surface area contributed by atoms with Crippen LogP contribution in [0.1, 0.15) is 444 Å². The Bertz CT molecular complexity index is 1330. The summed E-state index contributed by atoms with van der Waals surface area (Å²) >= 11 is 0. The van der Waals surface area contributed by atoms with Crippen LogP contribution < -0.4 is 5.32 Å². The number of hydrogen-bond donors (Lipinski definition) is 3. The molecule has 504 valence electrons. The van der Waals surface area contributed by atoms with E-state index in [1.165, 1.54) is 379 Å². The van der Waals surface area contributed by atoms with E-state index in [4.69, 9.17) is 4.74 Å². The van der Waals surface area contributed by atoms with Gasteiger partial charge < -0.3 is 20.3 Å².